The molecule has 1 aromatic heterocycles. The molecule has 3 aromatic rings. The van der Waals surface area contributed by atoms with E-state index in [4.69, 9.17) is 0 Å². The summed E-state index contributed by atoms with van der Waals surface area (Å²) in [5.74, 6) is -0.284. The maximum Gasteiger partial charge on any atom is 0.250 e. The van der Waals surface area contributed by atoms with E-state index in [-0.39, 0.29) is 36.0 Å². The van der Waals surface area contributed by atoms with Crippen LogP contribution in [0.5, 0.6) is 0 Å². The van der Waals surface area contributed by atoms with Gasteiger partial charge in [0.05, 0.1) is 12.1 Å². The standard InChI is InChI=1S/C27H29N3O3/c31-18-22-21-17-29-23(12-7-13-24(29)32)25(21)30(16-20-10-5-2-6-11-20)26(22)27(33)28-15-14-19-8-3-1-4-9-19/h1-13,21-22,25-26,31H,14-18H2,(H,28,33)/t21-,22-,25+,26-/m1/s1. The van der Waals surface area contributed by atoms with Crippen molar-refractivity contribution < 1.29 is 9.90 Å². The lowest BCUT2D eigenvalue weighted by atomic mass is 9.88. The van der Waals surface area contributed by atoms with Crippen molar-refractivity contribution in [3.8, 4) is 0 Å². The third kappa shape index (κ3) is 4.12. The molecule has 170 valence electrons. The smallest absolute Gasteiger partial charge is 0.250 e. The van der Waals surface area contributed by atoms with Crippen LogP contribution in [0.2, 0.25) is 0 Å². The van der Waals surface area contributed by atoms with E-state index in [1.165, 1.54) is 5.56 Å². The number of likely N-dealkylation sites (tertiary alicyclic amines) is 1. The van der Waals surface area contributed by atoms with Crippen molar-refractivity contribution in [1.29, 1.82) is 0 Å². The minimum Gasteiger partial charge on any atom is -0.396 e. The molecule has 0 saturated carbocycles. The van der Waals surface area contributed by atoms with Gasteiger partial charge in [0.1, 0.15) is 0 Å². The predicted octanol–water partition coefficient (Wildman–Crippen LogP) is 2.37. The molecule has 2 aliphatic rings. The molecule has 2 aromatic carbocycles. The molecule has 1 fully saturated rings. The first kappa shape index (κ1) is 21.6. The molecule has 0 spiro atoms. The number of aromatic nitrogens is 1. The largest absolute Gasteiger partial charge is 0.396 e. The summed E-state index contributed by atoms with van der Waals surface area (Å²) < 4.78 is 1.81. The number of carbonyl (C=O) groups is 1. The molecule has 0 aliphatic carbocycles. The number of aliphatic hydroxyl groups excluding tert-OH is 1. The summed E-state index contributed by atoms with van der Waals surface area (Å²) in [4.78, 5) is 28.2. The fourth-order valence-corrected chi connectivity index (χ4v) is 5.61. The summed E-state index contributed by atoms with van der Waals surface area (Å²) in [5.41, 5.74) is 3.19. The van der Waals surface area contributed by atoms with Crippen LogP contribution in [0.15, 0.2) is 83.7 Å². The molecule has 4 atom stereocenters. The number of benzene rings is 2. The van der Waals surface area contributed by atoms with Gasteiger partial charge in [-0.1, -0.05) is 66.7 Å². The Bertz CT molecular complexity index is 1160. The van der Waals surface area contributed by atoms with Gasteiger partial charge in [-0.25, -0.2) is 0 Å². The van der Waals surface area contributed by atoms with Crippen molar-refractivity contribution in [2.45, 2.75) is 31.6 Å². The van der Waals surface area contributed by atoms with E-state index < -0.39 is 6.04 Å². The number of nitrogens with one attached hydrogen (secondary N) is 1. The van der Waals surface area contributed by atoms with Crippen LogP contribution in [0.1, 0.15) is 22.9 Å². The zero-order valence-corrected chi connectivity index (χ0v) is 18.5. The number of amides is 1. The number of hydrogen-bond donors (Lipinski definition) is 2. The molecule has 0 unspecified atom stereocenters. The summed E-state index contributed by atoms with van der Waals surface area (Å²) in [7, 11) is 0. The first-order valence-electron chi connectivity index (χ1n) is 11.6. The minimum atomic E-state index is -0.454. The number of rotatable bonds is 7. The number of pyridine rings is 1. The van der Waals surface area contributed by atoms with Crippen molar-refractivity contribution in [3.05, 3.63) is 106 Å². The van der Waals surface area contributed by atoms with Gasteiger partial charge >= 0.3 is 0 Å². The van der Waals surface area contributed by atoms with Gasteiger partial charge in [-0.3, -0.25) is 14.5 Å². The molecule has 0 radical (unpaired) electrons. The van der Waals surface area contributed by atoms with E-state index >= 15 is 0 Å². The summed E-state index contributed by atoms with van der Waals surface area (Å²) in [6.07, 6.45) is 0.757. The first-order chi connectivity index (χ1) is 16.2. The molecule has 0 bridgehead atoms. The highest BCUT2D eigenvalue weighted by molar-refractivity contribution is 5.82. The Morgan fingerprint density at radius 3 is 2.33 bits per heavy atom. The summed E-state index contributed by atoms with van der Waals surface area (Å²) in [6, 6.07) is 25.0. The van der Waals surface area contributed by atoms with Gasteiger partial charge < -0.3 is 15.0 Å². The van der Waals surface area contributed by atoms with E-state index in [0.29, 0.717) is 19.6 Å². The Kier molecular flexibility index (Phi) is 6.11. The molecular weight excluding hydrogens is 414 g/mol. The highest BCUT2D eigenvalue weighted by atomic mass is 16.3. The van der Waals surface area contributed by atoms with Gasteiger partial charge in [0.15, 0.2) is 0 Å². The minimum absolute atomic E-state index is 0.0127. The highest BCUT2D eigenvalue weighted by Crippen LogP contribution is 2.49. The van der Waals surface area contributed by atoms with Crippen LogP contribution < -0.4 is 10.9 Å². The number of nitrogens with zero attached hydrogens (tertiary/aromatic N) is 2. The number of hydrogen-bond acceptors (Lipinski definition) is 4. The van der Waals surface area contributed by atoms with Gasteiger partial charge in [-0.15, -0.1) is 0 Å². The second-order valence-corrected chi connectivity index (χ2v) is 8.98. The van der Waals surface area contributed by atoms with Crippen molar-refractivity contribution in [3.63, 3.8) is 0 Å². The molecule has 33 heavy (non-hydrogen) atoms. The SMILES string of the molecule is O=C(NCCc1ccccc1)[C@H]1[C@H](CO)[C@H]2Cn3c(cccc3=O)[C@H]2N1Cc1ccccc1. The third-order valence-electron chi connectivity index (χ3n) is 7.10. The van der Waals surface area contributed by atoms with E-state index in [1.54, 1.807) is 16.7 Å². The molecule has 1 amide bonds. The molecule has 6 nitrogen and oxygen atoms in total. The van der Waals surface area contributed by atoms with Gasteiger partial charge in [0.25, 0.3) is 5.56 Å². The topological polar surface area (TPSA) is 74.6 Å². The van der Waals surface area contributed by atoms with Gasteiger partial charge in [0, 0.05) is 49.8 Å². The second-order valence-electron chi connectivity index (χ2n) is 8.98. The average molecular weight is 444 g/mol. The van der Waals surface area contributed by atoms with Crippen LogP contribution >= 0.6 is 0 Å². The Hall–Kier alpha value is -3.22. The average Bonchev–Trinajstić information content (AvgIpc) is 3.36. The normalized spacial score (nSPS) is 23.8. The zero-order chi connectivity index (χ0) is 22.8. The summed E-state index contributed by atoms with van der Waals surface area (Å²) in [5, 5.41) is 13.5. The van der Waals surface area contributed by atoms with Crippen LogP contribution in [0.3, 0.4) is 0 Å². The van der Waals surface area contributed by atoms with Crippen molar-refractivity contribution >= 4 is 5.91 Å². The molecule has 6 heteroatoms. The van der Waals surface area contributed by atoms with Crippen molar-refractivity contribution in [2.24, 2.45) is 11.8 Å². The zero-order valence-electron chi connectivity index (χ0n) is 18.5. The van der Waals surface area contributed by atoms with Gasteiger partial charge in [0.2, 0.25) is 5.91 Å². The van der Waals surface area contributed by atoms with Crippen LogP contribution in [-0.4, -0.2) is 39.7 Å². The fraction of sp³-hybridized carbons (Fsp3) is 0.333. The monoisotopic (exact) mass is 443 g/mol. The van der Waals surface area contributed by atoms with Gasteiger partial charge in [-0.2, -0.15) is 0 Å². The Labute approximate surface area is 193 Å². The molecule has 5 rings (SSSR count). The molecule has 1 saturated heterocycles. The Morgan fingerprint density at radius 2 is 1.64 bits per heavy atom. The second kappa shape index (κ2) is 9.33. The fourth-order valence-electron chi connectivity index (χ4n) is 5.61. The van der Waals surface area contributed by atoms with Crippen LogP contribution in [0.4, 0.5) is 0 Å². The maximum atomic E-state index is 13.5. The predicted molar refractivity (Wildman–Crippen MR) is 126 cm³/mol. The molecule has 2 aliphatic heterocycles. The first-order valence-corrected chi connectivity index (χ1v) is 11.6. The van der Waals surface area contributed by atoms with Crippen LogP contribution in [0.25, 0.3) is 0 Å². The lowest BCUT2D eigenvalue weighted by molar-refractivity contribution is -0.127. The summed E-state index contributed by atoms with van der Waals surface area (Å²) in [6.45, 7) is 1.57. The Balaban J connectivity index is 1.43. The van der Waals surface area contributed by atoms with Crippen molar-refractivity contribution in [2.75, 3.05) is 13.2 Å². The Morgan fingerprint density at radius 1 is 0.939 bits per heavy atom. The molecular formula is C27H29N3O3. The van der Waals surface area contributed by atoms with Crippen LogP contribution in [-0.2, 0) is 24.3 Å². The number of aliphatic hydroxyl groups is 1. The lowest BCUT2D eigenvalue weighted by Crippen LogP contribution is -2.48. The quantitative estimate of drug-likeness (QED) is 0.588. The van der Waals surface area contributed by atoms with E-state index in [1.807, 2.05) is 42.5 Å². The highest BCUT2D eigenvalue weighted by Gasteiger charge is 2.55. The number of carbonyl (C=O) groups excluding carboxylic acids is 1. The third-order valence-corrected chi connectivity index (χ3v) is 7.10. The maximum absolute atomic E-state index is 13.5. The van der Waals surface area contributed by atoms with Gasteiger partial charge in [-0.05, 0) is 23.6 Å². The number of fused-ring (bicyclic) bond motifs is 3. The van der Waals surface area contributed by atoms with Crippen molar-refractivity contribution in [1.82, 2.24) is 14.8 Å². The van der Waals surface area contributed by atoms with E-state index in [2.05, 4.69) is 34.5 Å². The molecule has 2 N–H and O–H groups in total. The van der Waals surface area contributed by atoms with Crippen LogP contribution in [0, 0.1) is 11.8 Å². The summed E-state index contributed by atoms with van der Waals surface area (Å²) >= 11 is 0. The van der Waals surface area contributed by atoms with E-state index in [9.17, 15) is 14.7 Å². The lowest BCUT2D eigenvalue weighted by Gasteiger charge is -2.31. The van der Waals surface area contributed by atoms with E-state index in [0.717, 1.165) is 17.7 Å². The molecule has 3 heterocycles.